The molecule has 3 amide bonds. The second kappa shape index (κ2) is 6.28. The van der Waals surface area contributed by atoms with E-state index in [0.29, 0.717) is 17.6 Å². The van der Waals surface area contributed by atoms with E-state index in [1.807, 2.05) is 5.38 Å². The molecule has 1 aromatic heterocycles. The van der Waals surface area contributed by atoms with E-state index in [-0.39, 0.29) is 11.9 Å². The van der Waals surface area contributed by atoms with Gasteiger partial charge in [0.25, 0.3) is 5.91 Å². The molecule has 0 unspecified atom stereocenters. The van der Waals surface area contributed by atoms with E-state index in [9.17, 15) is 9.59 Å². The molecule has 0 bridgehead atoms. The molecule has 1 aromatic carbocycles. The molecule has 2 saturated carbocycles. The average molecular weight is 341 g/mol. The maximum atomic E-state index is 12.4. The number of hydrogen-bond donors (Lipinski definition) is 3. The Labute approximate surface area is 144 Å². The number of carbonyl (C=O) groups is 2. The molecule has 0 spiro atoms. The molecule has 24 heavy (non-hydrogen) atoms. The molecular formula is C18H19N3O2S. The van der Waals surface area contributed by atoms with Gasteiger partial charge in [-0.1, -0.05) is 0 Å². The van der Waals surface area contributed by atoms with Crippen LogP contribution in [0.25, 0.3) is 0 Å². The van der Waals surface area contributed by atoms with Crippen LogP contribution in [-0.2, 0) is 0 Å². The first-order valence-corrected chi connectivity index (χ1v) is 9.13. The smallest absolute Gasteiger partial charge is 0.319 e. The standard InChI is InChI=1S/C18H19N3O2S/c22-17(16-15(9-10-24-16)11-1-2-11)19-12-3-5-13(6-4-12)20-18(23)21-14-7-8-14/h3-6,9-11,14H,1-2,7-8H2,(H,19,22)(H2,20,21,23). The third-order valence-corrected chi connectivity index (χ3v) is 5.16. The van der Waals surface area contributed by atoms with E-state index < -0.39 is 0 Å². The lowest BCUT2D eigenvalue weighted by Gasteiger charge is -2.09. The molecule has 2 aliphatic carbocycles. The maximum Gasteiger partial charge on any atom is 0.319 e. The number of thiophene rings is 1. The number of urea groups is 1. The predicted molar refractivity (Wildman–Crippen MR) is 95.9 cm³/mol. The van der Waals surface area contributed by atoms with Crippen LogP contribution >= 0.6 is 11.3 Å². The minimum atomic E-state index is -0.179. The normalized spacial score (nSPS) is 16.5. The lowest BCUT2D eigenvalue weighted by Crippen LogP contribution is -2.30. The highest BCUT2D eigenvalue weighted by molar-refractivity contribution is 7.12. The van der Waals surface area contributed by atoms with Crippen molar-refractivity contribution in [3.05, 3.63) is 46.2 Å². The fourth-order valence-corrected chi connectivity index (χ4v) is 3.50. The van der Waals surface area contributed by atoms with Gasteiger partial charge in [0, 0.05) is 17.4 Å². The average Bonchev–Trinajstić information content (AvgIpc) is 3.50. The van der Waals surface area contributed by atoms with Crippen molar-refractivity contribution in [2.24, 2.45) is 0 Å². The van der Waals surface area contributed by atoms with Gasteiger partial charge in [0.1, 0.15) is 0 Å². The highest BCUT2D eigenvalue weighted by Crippen LogP contribution is 2.43. The van der Waals surface area contributed by atoms with Gasteiger partial charge in [0.15, 0.2) is 0 Å². The van der Waals surface area contributed by atoms with Gasteiger partial charge in [-0.15, -0.1) is 11.3 Å². The molecule has 6 heteroatoms. The molecule has 5 nitrogen and oxygen atoms in total. The van der Waals surface area contributed by atoms with E-state index >= 15 is 0 Å². The van der Waals surface area contributed by atoms with Gasteiger partial charge < -0.3 is 16.0 Å². The first kappa shape index (κ1) is 15.2. The summed E-state index contributed by atoms with van der Waals surface area (Å²) in [5.74, 6) is 0.507. The SMILES string of the molecule is O=C(Nc1ccc(NC(=O)c2sccc2C2CC2)cc1)NC1CC1. The molecule has 0 radical (unpaired) electrons. The molecule has 3 N–H and O–H groups in total. The Morgan fingerprint density at radius 2 is 1.58 bits per heavy atom. The van der Waals surface area contributed by atoms with Crippen LogP contribution in [0.1, 0.15) is 46.8 Å². The van der Waals surface area contributed by atoms with Crippen LogP contribution in [0.3, 0.4) is 0 Å². The lowest BCUT2D eigenvalue weighted by atomic mass is 10.1. The predicted octanol–water partition coefficient (Wildman–Crippen LogP) is 4.16. The Bertz CT molecular complexity index is 761. The number of anilines is 2. The molecule has 0 aliphatic heterocycles. The summed E-state index contributed by atoms with van der Waals surface area (Å²) in [4.78, 5) is 24.9. The second-order valence-electron chi connectivity index (χ2n) is 6.38. The molecule has 0 atom stereocenters. The van der Waals surface area contributed by atoms with Gasteiger partial charge in [-0.05, 0) is 72.9 Å². The van der Waals surface area contributed by atoms with Crippen molar-refractivity contribution in [2.45, 2.75) is 37.6 Å². The first-order chi connectivity index (χ1) is 11.7. The number of nitrogens with one attached hydrogen (secondary N) is 3. The number of benzene rings is 1. The fraction of sp³-hybridized carbons (Fsp3) is 0.333. The van der Waals surface area contributed by atoms with Gasteiger partial charge in [-0.2, -0.15) is 0 Å². The van der Waals surface area contributed by atoms with Crippen molar-refractivity contribution >= 4 is 34.6 Å². The van der Waals surface area contributed by atoms with Crippen LogP contribution in [0.2, 0.25) is 0 Å². The Balaban J connectivity index is 1.36. The third-order valence-electron chi connectivity index (χ3n) is 4.23. The van der Waals surface area contributed by atoms with E-state index in [1.165, 1.54) is 29.7 Å². The Kier molecular flexibility index (Phi) is 3.98. The van der Waals surface area contributed by atoms with Crippen molar-refractivity contribution in [1.29, 1.82) is 0 Å². The summed E-state index contributed by atoms with van der Waals surface area (Å²) in [6.45, 7) is 0. The summed E-state index contributed by atoms with van der Waals surface area (Å²) in [6.07, 6.45) is 4.48. The zero-order valence-corrected chi connectivity index (χ0v) is 14.0. The molecule has 2 aromatic rings. The maximum absolute atomic E-state index is 12.4. The highest BCUT2D eigenvalue weighted by Gasteiger charge is 2.29. The minimum Gasteiger partial charge on any atom is -0.335 e. The van der Waals surface area contributed by atoms with Gasteiger partial charge in [-0.25, -0.2) is 4.79 Å². The fourth-order valence-electron chi connectivity index (χ4n) is 2.62. The van der Waals surface area contributed by atoms with Crippen LogP contribution < -0.4 is 16.0 Å². The summed E-state index contributed by atoms with van der Waals surface area (Å²) in [6, 6.07) is 9.39. The van der Waals surface area contributed by atoms with E-state index in [2.05, 4.69) is 22.0 Å². The number of rotatable bonds is 5. The van der Waals surface area contributed by atoms with Crippen molar-refractivity contribution in [2.75, 3.05) is 10.6 Å². The Morgan fingerprint density at radius 3 is 2.21 bits per heavy atom. The van der Waals surface area contributed by atoms with Gasteiger partial charge in [0.05, 0.1) is 4.88 Å². The molecule has 4 rings (SSSR count). The van der Waals surface area contributed by atoms with Crippen molar-refractivity contribution in [3.63, 3.8) is 0 Å². The quantitative estimate of drug-likeness (QED) is 0.764. The summed E-state index contributed by atoms with van der Waals surface area (Å²) in [7, 11) is 0. The largest absolute Gasteiger partial charge is 0.335 e. The highest BCUT2D eigenvalue weighted by atomic mass is 32.1. The number of hydrogen-bond acceptors (Lipinski definition) is 3. The van der Waals surface area contributed by atoms with Crippen molar-refractivity contribution < 1.29 is 9.59 Å². The van der Waals surface area contributed by atoms with Crippen molar-refractivity contribution in [1.82, 2.24) is 5.32 Å². The lowest BCUT2D eigenvalue weighted by molar-refractivity contribution is 0.102. The molecule has 2 aliphatic rings. The molecule has 0 saturated heterocycles. The summed E-state index contributed by atoms with van der Waals surface area (Å²) < 4.78 is 0. The van der Waals surface area contributed by atoms with Gasteiger partial charge >= 0.3 is 6.03 Å². The van der Waals surface area contributed by atoms with Crippen LogP contribution in [0.4, 0.5) is 16.2 Å². The van der Waals surface area contributed by atoms with Crippen LogP contribution in [0, 0.1) is 0 Å². The van der Waals surface area contributed by atoms with E-state index in [4.69, 9.17) is 0 Å². The van der Waals surface area contributed by atoms with Gasteiger partial charge in [-0.3, -0.25) is 4.79 Å². The zero-order chi connectivity index (χ0) is 16.5. The Morgan fingerprint density at radius 1 is 0.917 bits per heavy atom. The topological polar surface area (TPSA) is 70.2 Å². The number of carbonyl (C=O) groups excluding carboxylic acids is 2. The van der Waals surface area contributed by atoms with Crippen LogP contribution in [-0.4, -0.2) is 18.0 Å². The third kappa shape index (κ3) is 3.59. The second-order valence-corrected chi connectivity index (χ2v) is 7.30. The monoisotopic (exact) mass is 341 g/mol. The van der Waals surface area contributed by atoms with E-state index in [0.717, 1.165) is 23.4 Å². The summed E-state index contributed by atoms with van der Waals surface area (Å²) in [5.41, 5.74) is 2.61. The summed E-state index contributed by atoms with van der Waals surface area (Å²) >= 11 is 1.49. The summed E-state index contributed by atoms with van der Waals surface area (Å²) in [5, 5.41) is 10.6. The van der Waals surface area contributed by atoms with Gasteiger partial charge in [0.2, 0.25) is 0 Å². The molecule has 1 heterocycles. The molecular weight excluding hydrogens is 322 g/mol. The Hall–Kier alpha value is -2.34. The van der Waals surface area contributed by atoms with Crippen LogP contribution in [0.15, 0.2) is 35.7 Å². The molecule has 2 fully saturated rings. The van der Waals surface area contributed by atoms with Crippen LogP contribution in [0.5, 0.6) is 0 Å². The zero-order valence-electron chi connectivity index (χ0n) is 13.2. The number of amides is 3. The van der Waals surface area contributed by atoms with Crippen molar-refractivity contribution in [3.8, 4) is 0 Å². The molecule has 124 valence electrons. The first-order valence-electron chi connectivity index (χ1n) is 8.25. The van der Waals surface area contributed by atoms with E-state index in [1.54, 1.807) is 24.3 Å². The minimum absolute atomic E-state index is 0.0564.